The molecule has 2 N–H and O–H groups in total. The van der Waals surface area contributed by atoms with Crippen LogP contribution in [0.1, 0.15) is 21.6 Å². The van der Waals surface area contributed by atoms with Crippen LogP contribution in [0, 0.1) is 5.82 Å². The van der Waals surface area contributed by atoms with Crippen LogP contribution in [0.3, 0.4) is 0 Å². The standard InChI is InChI=1S/C20H19FN4O/c21-17-9-5-4-8-16(17)10-12-22-19(26)18-11-13-23-20(25-18)24-14-15-6-2-1-3-7-15/h1-9,11,13H,10,12,14H2,(H,22,26)(H,23,24,25). The molecule has 0 aliphatic rings. The molecule has 1 amide bonds. The Morgan fingerprint density at radius 1 is 1.00 bits per heavy atom. The molecule has 0 spiro atoms. The molecule has 0 saturated carbocycles. The molecule has 6 heteroatoms. The Kier molecular flexibility index (Phi) is 5.88. The number of benzene rings is 2. The Labute approximate surface area is 151 Å². The molecule has 3 aromatic rings. The smallest absolute Gasteiger partial charge is 0.270 e. The van der Waals surface area contributed by atoms with Gasteiger partial charge in [0.15, 0.2) is 0 Å². The Bertz CT molecular complexity index is 870. The third kappa shape index (κ3) is 4.86. The summed E-state index contributed by atoms with van der Waals surface area (Å²) in [4.78, 5) is 20.6. The van der Waals surface area contributed by atoms with Gasteiger partial charge in [0.25, 0.3) is 5.91 Å². The molecule has 132 valence electrons. The van der Waals surface area contributed by atoms with Crippen LogP contribution >= 0.6 is 0 Å². The molecule has 3 rings (SSSR count). The minimum absolute atomic E-state index is 0.267. The van der Waals surface area contributed by atoms with Gasteiger partial charge in [0.05, 0.1) is 0 Å². The normalized spacial score (nSPS) is 10.3. The molecule has 1 heterocycles. The van der Waals surface area contributed by atoms with Gasteiger partial charge in [0.1, 0.15) is 11.5 Å². The average Bonchev–Trinajstić information content (AvgIpc) is 2.69. The summed E-state index contributed by atoms with van der Waals surface area (Å²) in [5, 5.41) is 5.85. The monoisotopic (exact) mass is 350 g/mol. The molecular weight excluding hydrogens is 331 g/mol. The van der Waals surface area contributed by atoms with Crippen LogP contribution in [0.25, 0.3) is 0 Å². The molecule has 0 saturated heterocycles. The number of amides is 1. The maximum Gasteiger partial charge on any atom is 0.270 e. The van der Waals surface area contributed by atoms with Crippen molar-refractivity contribution in [2.45, 2.75) is 13.0 Å². The van der Waals surface area contributed by atoms with Gasteiger partial charge < -0.3 is 10.6 Å². The van der Waals surface area contributed by atoms with E-state index in [4.69, 9.17) is 0 Å². The summed E-state index contributed by atoms with van der Waals surface area (Å²) in [7, 11) is 0. The van der Waals surface area contributed by atoms with Gasteiger partial charge in [-0.25, -0.2) is 14.4 Å². The summed E-state index contributed by atoms with van der Waals surface area (Å²) >= 11 is 0. The zero-order valence-electron chi connectivity index (χ0n) is 14.2. The van der Waals surface area contributed by atoms with Crippen molar-refractivity contribution in [3.8, 4) is 0 Å². The van der Waals surface area contributed by atoms with Gasteiger partial charge in [-0.2, -0.15) is 0 Å². The van der Waals surface area contributed by atoms with Crippen LogP contribution in [0.2, 0.25) is 0 Å². The van der Waals surface area contributed by atoms with Gasteiger partial charge in [-0.15, -0.1) is 0 Å². The lowest BCUT2D eigenvalue weighted by Gasteiger charge is -2.08. The predicted molar refractivity (Wildman–Crippen MR) is 98.2 cm³/mol. The average molecular weight is 350 g/mol. The van der Waals surface area contributed by atoms with Gasteiger partial charge in [-0.1, -0.05) is 48.5 Å². The van der Waals surface area contributed by atoms with Crippen molar-refractivity contribution in [2.75, 3.05) is 11.9 Å². The first-order valence-electron chi connectivity index (χ1n) is 8.35. The predicted octanol–water partition coefficient (Wildman–Crippen LogP) is 3.20. The van der Waals surface area contributed by atoms with Crippen molar-refractivity contribution >= 4 is 11.9 Å². The number of nitrogens with zero attached hydrogens (tertiary/aromatic N) is 2. The summed E-state index contributed by atoms with van der Waals surface area (Å²) in [5.74, 6) is -0.196. The molecule has 0 unspecified atom stereocenters. The fraction of sp³-hybridized carbons (Fsp3) is 0.150. The summed E-state index contributed by atoms with van der Waals surface area (Å²) in [5.41, 5.74) is 1.93. The first-order chi connectivity index (χ1) is 12.7. The second-order valence-corrected chi connectivity index (χ2v) is 5.70. The third-order valence-electron chi connectivity index (χ3n) is 3.82. The molecular formula is C20H19FN4O. The number of nitrogens with one attached hydrogen (secondary N) is 2. The van der Waals surface area contributed by atoms with E-state index in [2.05, 4.69) is 20.6 Å². The van der Waals surface area contributed by atoms with E-state index in [1.807, 2.05) is 30.3 Å². The third-order valence-corrected chi connectivity index (χ3v) is 3.82. The molecule has 0 bridgehead atoms. The van der Waals surface area contributed by atoms with E-state index in [1.54, 1.807) is 24.3 Å². The summed E-state index contributed by atoms with van der Waals surface area (Å²) in [6.45, 7) is 0.899. The van der Waals surface area contributed by atoms with Crippen molar-refractivity contribution < 1.29 is 9.18 Å². The second-order valence-electron chi connectivity index (χ2n) is 5.70. The van der Waals surface area contributed by atoms with Gasteiger partial charge >= 0.3 is 0 Å². The van der Waals surface area contributed by atoms with Gasteiger partial charge in [-0.3, -0.25) is 4.79 Å². The quantitative estimate of drug-likeness (QED) is 0.687. The Balaban J connectivity index is 1.53. The maximum atomic E-state index is 13.6. The highest BCUT2D eigenvalue weighted by atomic mass is 19.1. The van der Waals surface area contributed by atoms with E-state index in [1.165, 1.54) is 12.3 Å². The van der Waals surface area contributed by atoms with Crippen LogP contribution in [-0.2, 0) is 13.0 Å². The first kappa shape index (κ1) is 17.5. The number of hydrogen-bond donors (Lipinski definition) is 2. The zero-order valence-corrected chi connectivity index (χ0v) is 14.2. The van der Waals surface area contributed by atoms with E-state index < -0.39 is 0 Å². The van der Waals surface area contributed by atoms with Crippen molar-refractivity contribution in [3.05, 3.63) is 89.5 Å². The molecule has 2 aromatic carbocycles. The van der Waals surface area contributed by atoms with Crippen LogP contribution in [0.5, 0.6) is 0 Å². The number of carbonyl (C=O) groups excluding carboxylic acids is 1. The lowest BCUT2D eigenvalue weighted by molar-refractivity contribution is 0.0949. The number of carbonyl (C=O) groups is 1. The summed E-state index contributed by atoms with van der Waals surface area (Å²) in [6.07, 6.45) is 1.95. The van der Waals surface area contributed by atoms with E-state index >= 15 is 0 Å². The largest absolute Gasteiger partial charge is 0.350 e. The van der Waals surface area contributed by atoms with Gasteiger partial charge in [-0.05, 0) is 29.7 Å². The van der Waals surface area contributed by atoms with Crippen LogP contribution in [0.15, 0.2) is 66.9 Å². The minimum Gasteiger partial charge on any atom is -0.350 e. The summed E-state index contributed by atoms with van der Waals surface area (Å²) in [6, 6.07) is 17.9. The van der Waals surface area contributed by atoms with E-state index in [0.717, 1.165) is 5.56 Å². The molecule has 0 aliphatic carbocycles. The highest BCUT2D eigenvalue weighted by Gasteiger charge is 2.09. The number of hydrogen-bond acceptors (Lipinski definition) is 4. The Morgan fingerprint density at radius 2 is 1.77 bits per heavy atom. The number of anilines is 1. The number of aromatic nitrogens is 2. The second kappa shape index (κ2) is 8.71. The van der Waals surface area contributed by atoms with Gasteiger partial charge in [0.2, 0.25) is 5.95 Å². The van der Waals surface area contributed by atoms with Crippen molar-refractivity contribution in [2.24, 2.45) is 0 Å². The maximum absolute atomic E-state index is 13.6. The van der Waals surface area contributed by atoms with Gasteiger partial charge in [0, 0.05) is 19.3 Å². The lowest BCUT2D eigenvalue weighted by Crippen LogP contribution is -2.27. The lowest BCUT2D eigenvalue weighted by atomic mass is 10.1. The van der Waals surface area contributed by atoms with Crippen molar-refractivity contribution in [1.82, 2.24) is 15.3 Å². The minimum atomic E-state index is -0.313. The Hall–Kier alpha value is -3.28. The summed E-state index contributed by atoms with van der Waals surface area (Å²) < 4.78 is 13.6. The van der Waals surface area contributed by atoms with Crippen molar-refractivity contribution in [1.29, 1.82) is 0 Å². The van der Waals surface area contributed by atoms with Crippen molar-refractivity contribution in [3.63, 3.8) is 0 Å². The molecule has 26 heavy (non-hydrogen) atoms. The molecule has 0 atom stereocenters. The Morgan fingerprint density at radius 3 is 2.58 bits per heavy atom. The molecule has 1 aromatic heterocycles. The van der Waals surface area contributed by atoms with Crippen LogP contribution in [-0.4, -0.2) is 22.4 Å². The number of rotatable bonds is 7. The molecule has 0 radical (unpaired) electrons. The van der Waals surface area contributed by atoms with Crippen LogP contribution < -0.4 is 10.6 Å². The molecule has 0 aliphatic heterocycles. The number of halogens is 1. The fourth-order valence-electron chi connectivity index (χ4n) is 2.45. The topological polar surface area (TPSA) is 66.9 Å². The first-order valence-corrected chi connectivity index (χ1v) is 8.35. The van der Waals surface area contributed by atoms with E-state index in [-0.39, 0.29) is 17.4 Å². The fourth-order valence-corrected chi connectivity index (χ4v) is 2.45. The SMILES string of the molecule is O=C(NCCc1ccccc1F)c1ccnc(NCc2ccccc2)n1. The van der Waals surface area contributed by atoms with Crippen LogP contribution in [0.4, 0.5) is 10.3 Å². The highest BCUT2D eigenvalue weighted by molar-refractivity contribution is 5.92. The molecule has 5 nitrogen and oxygen atoms in total. The van der Waals surface area contributed by atoms with E-state index in [9.17, 15) is 9.18 Å². The zero-order chi connectivity index (χ0) is 18.2. The van der Waals surface area contributed by atoms with E-state index in [0.29, 0.717) is 31.0 Å². The molecule has 0 fully saturated rings. The highest BCUT2D eigenvalue weighted by Crippen LogP contribution is 2.07.